The summed E-state index contributed by atoms with van der Waals surface area (Å²) in [5, 5.41) is 3.45. The Morgan fingerprint density at radius 3 is 2.67 bits per heavy atom. The Morgan fingerprint density at radius 2 is 2.05 bits per heavy atom. The van der Waals surface area contributed by atoms with Crippen LogP contribution >= 0.6 is 0 Å². The summed E-state index contributed by atoms with van der Waals surface area (Å²) in [7, 11) is 1.89. The first-order valence-electron chi connectivity index (χ1n) is 8.81. The van der Waals surface area contributed by atoms with Gasteiger partial charge in [0.05, 0.1) is 6.61 Å². The number of nitrogens with zero attached hydrogens (tertiary/aromatic N) is 2. The molecule has 4 nitrogen and oxygen atoms in total. The molecule has 1 aliphatic carbocycles. The van der Waals surface area contributed by atoms with E-state index in [1.165, 1.54) is 32.1 Å². The third-order valence-electron chi connectivity index (χ3n) is 5.03. The van der Waals surface area contributed by atoms with Gasteiger partial charge in [-0.3, -0.25) is 4.99 Å². The number of hydrogen-bond donors (Lipinski definition) is 1. The molecule has 0 spiro atoms. The fourth-order valence-electron chi connectivity index (χ4n) is 3.42. The first kappa shape index (κ1) is 16.6. The molecule has 1 atom stereocenters. The second-order valence-electron chi connectivity index (χ2n) is 6.56. The van der Waals surface area contributed by atoms with Crippen molar-refractivity contribution in [3.05, 3.63) is 0 Å². The maximum atomic E-state index is 5.67. The van der Waals surface area contributed by atoms with E-state index in [2.05, 4.69) is 29.1 Å². The van der Waals surface area contributed by atoms with E-state index in [1.54, 1.807) is 0 Å². The van der Waals surface area contributed by atoms with Gasteiger partial charge < -0.3 is 15.0 Å². The fourth-order valence-corrected chi connectivity index (χ4v) is 3.42. The lowest BCUT2D eigenvalue weighted by atomic mass is 9.87. The fraction of sp³-hybridized carbons (Fsp3) is 0.941. The van der Waals surface area contributed by atoms with Crippen LogP contribution in [-0.4, -0.2) is 50.8 Å². The van der Waals surface area contributed by atoms with E-state index in [0.29, 0.717) is 0 Å². The number of hydrogen-bond acceptors (Lipinski definition) is 2. The Balaban J connectivity index is 1.66. The van der Waals surface area contributed by atoms with Gasteiger partial charge in [0.2, 0.25) is 0 Å². The van der Waals surface area contributed by atoms with Crippen molar-refractivity contribution in [3.8, 4) is 0 Å². The average Bonchev–Trinajstić information content (AvgIpc) is 3.21. The molecule has 122 valence electrons. The Morgan fingerprint density at radius 1 is 1.29 bits per heavy atom. The number of nitrogens with one attached hydrogen (secondary N) is 1. The smallest absolute Gasteiger partial charge is 0.193 e. The van der Waals surface area contributed by atoms with Gasteiger partial charge in [0.25, 0.3) is 0 Å². The number of guanidine groups is 1. The third kappa shape index (κ3) is 5.17. The van der Waals surface area contributed by atoms with Crippen molar-refractivity contribution in [3.63, 3.8) is 0 Å². The standard InChI is InChI=1S/C17H33N3O/c1-4-15(5-2)16-8-10-20(12-16)17(18-3)19-9-11-21-13-14-6-7-14/h14-16H,4-13H2,1-3H3,(H,18,19). The minimum absolute atomic E-state index is 0.791. The van der Waals surface area contributed by atoms with Crippen LogP contribution in [0.4, 0.5) is 0 Å². The third-order valence-corrected chi connectivity index (χ3v) is 5.03. The number of likely N-dealkylation sites (tertiary alicyclic amines) is 1. The molecule has 2 rings (SSSR count). The molecular formula is C17H33N3O. The first-order valence-corrected chi connectivity index (χ1v) is 8.81. The SMILES string of the molecule is CCC(CC)C1CCN(C(=NC)NCCOCC2CC2)C1. The van der Waals surface area contributed by atoms with Crippen molar-refractivity contribution >= 4 is 5.96 Å². The van der Waals surface area contributed by atoms with E-state index in [-0.39, 0.29) is 0 Å². The average molecular weight is 295 g/mol. The van der Waals surface area contributed by atoms with E-state index in [0.717, 1.165) is 56.6 Å². The molecule has 21 heavy (non-hydrogen) atoms. The first-order chi connectivity index (χ1) is 10.3. The number of rotatable bonds is 8. The van der Waals surface area contributed by atoms with E-state index in [4.69, 9.17) is 4.74 Å². The highest BCUT2D eigenvalue weighted by atomic mass is 16.5. The van der Waals surface area contributed by atoms with Crippen LogP contribution in [0.2, 0.25) is 0 Å². The van der Waals surface area contributed by atoms with Gasteiger partial charge in [0.15, 0.2) is 5.96 Å². The van der Waals surface area contributed by atoms with E-state index in [9.17, 15) is 0 Å². The van der Waals surface area contributed by atoms with Crippen LogP contribution in [-0.2, 0) is 4.74 Å². The summed E-state index contributed by atoms with van der Waals surface area (Å²) in [5.74, 6) is 3.61. The van der Waals surface area contributed by atoms with Crippen LogP contribution in [0.5, 0.6) is 0 Å². The van der Waals surface area contributed by atoms with Gasteiger partial charge in [0, 0.05) is 33.3 Å². The molecule has 0 aromatic rings. The minimum atomic E-state index is 0.791. The van der Waals surface area contributed by atoms with Crippen molar-refractivity contribution < 1.29 is 4.74 Å². The van der Waals surface area contributed by atoms with Crippen molar-refractivity contribution in [2.45, 2.75) is 46.0 Å². The van der Waals surface area contributed by atoms with Crippen LogP contribution in [0.1, 0.15) is 46.0 Å². The molecule has 0 aromatic heterocycles. The highest BCUT2D eigenvalue weighted by Gasteiger charge is 2.29. The Labute approximate surface area is 130 Å². The second kappa shape index (κ2) is 8.62. The zero-order valence-electron chi connectivity index (χ0n) is 14.1. The van der Waals surface area contributed by atoms with Gasteiger partial charge >= 0.3 is 0 Å². The molecule has 2 aliphatic rings. The van der Waals surface area contributed by atoms with E-state index >= 15 is 0 Å². The van der Waals surface area contributed by atoms with E-state index < -0.39 is 0 Å². The lowest BCUT2D eigenvalue weighted by molar-refractivity contribution is 0.128. The topological polar surface area (TPSA) is 36.9 Å². The van der Waals surface area contributed by atoms with Crippen molar-refractivity contribution in [1.29, 1.82) is 0 Å². The summed E-state index contributed by atoms with van der Waals surface area (Å²) in [6.45, 7) is 9.55. The van der Waals surface area contributed by atoms with Crippen LogP contribution in [0.3, 0.4) is 0 Å². The predicted molar refractivity (Wildman–Crippen MR) is 88.7 cm³/mol. The Kier molecular flexibility index (Phi) is 6.81. The minimum Gasteiger partial charge on any atom is -0.379 e. The van der Waals surface area contributed by atoms with Gasteiger partial charge in [-0.1, -0.05) is 26.7 Å². The molecule has 1 heterocycles. The molecule has 0 amide bonds. The summed E-state index contributed by atoms with van der Waals surface area (Å²) >= 11 is 0. The predicted octanol–water partition coefficient (Wildman–Crippen LogP) is 2.75. The monoisotopic (exact) mass is 295 g/mol. The van der Waals surface area contributed by atoms with E-state index in [1.807, 2.05) is 7.05 Å². The Bertz CT molecular complexity index is 324. The lowest BCUT2D eigenvalue weighted by Crippen LogP contribution is -2.41. The molecule has 1 unspecified atom stereocenters. The van der Waals surface area contributed by atoms with Crippen molar-refractivity contribution in [2.75, 3.05) is 39.9 Å². The van der Waals surface area contributed by atoms with Gasteiger partial charge in [-0.25, -0.2) is 0 Å². The lowest BCUT2D eigenvalue weighted by Gasteiger charge is -2.24. The number of aliphatic imine (C=N–C) groups is 1. The van der Waals surface area contributed by atoms with Gasteiger partial charge in [-0.15, -0.1) is 0 Å². The summed E-state index contributed by atoms with van der Waals surface area (Å²) in [5.41, 5.74) is 0. The highest BCUT2D eigenvalue weighted by molar-refractivity contribution is 5.80. The van der Waals surface area contributed by atoms with Gasteiger partial charge in [0.1, 0.15) is 0 Å². The van der Waals surface area contributed by atoms with Crippen LogP contribution in [0.15, 0.2) is 4.99 Å². The van der Waals surface area contributed by atoms with Crippen LogP contribution < -0.4 is 5.32 Å². The zero-order valence-corrected chi connectivity index (χ0v) is 14.1. The molecule has 1 N–H and O–H groups in total. The molecule has 0 aromatic carbocycles. The second-order valence-corrected chi connectivity index (χ2v) is 6.56. The Hall–Kier alpha value is -0.770. The summed E-state index contributed by atoms with van der Waals surface area (Å²) in [6.07, 6.45) is 6.64. The molecule has 1 saturated carbocycles. The van der Waals surface area contributed by atoms with Crippen LogP contribution in [0, 0.1) is 17.8 Å². The largest absolute Gasteiger partial charge is 0.379 e. The number of ether oxygens (including phenoxy) is 1. The van der Waals surface area contributed by atoms with Crippen molar-refractivity contribution in [2.24, 2.45) is 22.7 Å². The molecule has 0 radical (unpaired) electrons. The molecule has 1 aliphatic heterocycles. The zero-order chi connectivity index (χ0) is 15.1. The highest BCUT2D eigenvalue weighted by Crippen LogP contribution is 2.29. The van der Waals surface area contributed by atoms with Crippen LogP contribution in [0.25, 0.3) is 0 Å². The van der Waals surface area contributed by atoms with Gasteiger partial charge in [-0.05, 0) is 37.0 Å². The molecular weight excluding hydrogens is 262 g/mol. The molecule has 2 fully saturated rings. The normalized spacial score (nSPS) is 23.1. The summed E-state index contributed by atoms with van der Waals surface area (Å²) in [4.78, 5) is 6.86. The van der Waals surface area contributed by atoms with Gasteiger partial charge in [-0.2, -0.15) is 0 Å². The summed E-state index contributed by atoms with van der Waals surface area (Å²) < 4.78 is 5.67. The molecule has 1 saturated heterocycles. The molecule has 4 heteroatoms. The van der Waals surface area contributed by atoms with Crippen molar-refractivity contribution in [1.82, 2.24) is 10.2 Å². The molecule has 0 bridgehead atoms. The quantitative estimate of drug-likeness (QED) is 0.425. The summed E-state index contributed by atoms with van der Waals surface area (Å²) in [6, 6.07) is 0. The maximum absolute atomic E-state index is 5.67. The maximum Gasteiger partial charge on any atom is 0.193 e.